The predicted octanol–water partition coefficient (Wildman–Crippen LogP) is 3.43. The first-order valence-electron chi connectivity index (χ1n) is 8.82. The van der Waals surface area contributed by atoms with Crippen molar-refractivity contribution in [3.05, 3.63) is 46.3 Å². The molecule has 2 bridgehead atoms. The molecule has 3 heterocycles. The van der Waals surface area contributed by atoms with Gasteiger partial charge in [0.1, 0.15) is 6.10 Å². The molecule has 3 rings (SSSR count). The summed E-state index contributed by atoms with van der Waals surface area (Å²) in [6, 6.07) is 0. The van der Waals surface area contributed by atoms with Gasteiger partial charge in [0.05, 0.1) is 4.92 Å². The second kappa shape index (κ2) is 10.7. The molecule has 0 spiro atoms. The van der Waals surface area contributed by atoms with E-state index in [1.807, 2.05) is 13.8 Å². The molecule has 3 aliphatic rings. The van der Waals surface area contributed by atoms with Gasteiger partial charge in [-0.15, -0.1) is 0 Å². The van der Waals surface area contributed by atoms with Crippen molar-refractivity contribution in [2.24, 2.45) is 5.92 Å². The van der Waals surface area contributed by atoms with Crippen LogP contribution in [0.3, 0.4) is 0 Å². The van der Waals surface area contributed by atoms with Crippen molar-refractivity contribution in [1.29, 1.82) is 0 Å². The Bertz CT molecular complexity index is 534. The van der Waals surface area contributed by atoms with Crippen molar-refractivity contribution in [1.82, 2.24) is 9.80 Å². The molecule has 0 N–H and O–H groups in total. The molecule has 140 valence electrons. The van der Waals surface area contributed by atoms with Crippen LogP contribution in [-0.4, -0.2) is 53.6 Å². The predicted molar refractivity (Wildman–Crippen MR) is 97.6 cm³/mol. The van der Waals surface area contributed by atoms with Gasteiger partial charge in [-0.05, 0) is 44.8 Å². The first-order valence-corrected chi connectivity index (χ1v) is 8.82. The highest BCUT2D eigenvalue weighted by molar-refractivity contribution is 5.68. The maximum absolute atomic E-state index is 12.1. The van der Waals surface area contributed by atoms with E-state index in [1.54, 1.807) is 20.0 Å². The molecule has 3 saturated heterocycles. The van der Waals surface area contributed by atoms with Crippen molar-refractivity contribution in [3.8, 4) is 0 Å². The zero-order valence-corrected chi connectivity index (χ0v) is 15.6. The summed E-state index contributed by atoms with van der Waals surface area (Å²) in [5.41, 5.74) is -0.0390. The Morgan fingerprint density at radius 2 is 1.96 bits per heavy atom. The van der Waals surface area contributed by atoms with Gasteiger partial charge >= 0.3 is 6.09 Å². The minimum Gasteiger partial charge on any atom is -0.444 e. The third kappa shape index (κ3) is 6.34. The minimum atomic E-state index is -0.476. The van der Waals surface area contributed by atoms with Gasteiger partial charge in [-0.25, -0.2) is 4.79 Å². The second-order valence-corrected chi connectivity index (χ2v) is 5.86. The summed E-state index contributed by atoms with van der Waals surface area (Å²) in [5.74, 6) is 0.456. The number of nitrogens with zero attached hydrogens (tertiary/aromatic N) is 3. The number of amides is 1. The van der Waals surface area contributed by atoms with Gasteiger partial charge in [-0.1, -0.05) is 19.9 Å². The summed E-state index contributed by atoms with van der Waals surface area (Å²) in [7, 11) is 1.58. The van der Waals surface area contributed by atoms with Gasteiger partial charge in [-0.2, -0.15) is 0 Å². The van der Waals surface area contributed by atoms with Crippen LogP contribution in [0.2, 0.25) is 0 Å². The van der Waals surface area contributed by atoms with E-state index in [1.165, 1.54) is 29.3 Å². The molecule has 3 aliphatic heterocycles. The van der Waals surface area contributed by atoms with E-state index in [0.717, 1.165) is 32.5 Å². The topological polar surface area (TPSA) is 75.9 Å². The van der Waals surface area contributed by atoms with Crippen LogP contribution < -0.4 is 0 Å². The number of hydrogen-bond acceptors (Lipinski definition) is 5. The fraction of sp³-hybridized carbons (Fsp3) is 0.611. The van der Waals surface area contributed by atoms with Crippen molar-refractivity contribution in [2.45, 2.75) is 39.7 Å². The van der Waals surface area contributed by atoms with Crippen LogP contribution in [0, 0.1) is 16.0 Å². The highest BCUT2D eigenvalue weighted by Gasteiger charge is 2.36. The van der Waals surface area contributed by atoms with E-state index >= 15 is 0 Å². The number of rotatable bonds is 5. The molecular weight excluding hydrogens is 322 g/mol. The maximum Gasteiger partial charge on any atom is 0.413 e. The molecule has 3 fully saturated rings. The number of ether oxygens (including phenoxy) is 1. The van der Waals surface area contributed by atoms with Crippen LogP contribution >= 0.6 is 0 Å². The molecule has 7 nitrogen and oxygen atoms in total. The summed E-state index contributed by atoms with van der Waals surface area (Å²) < 4.78 is 5.57. The molecule has 25 heavy (non-hydrogen) atoms. The van der Waals surface area contributed by atoms with Crippen LogP contribution in [0.25, 0.3) is 0 Å². The van der Waals surface area contributed by atoms with Gasteiger partial charge in [-0.3, -0.25) is 19.9 Å². The fourth-order valence-electron chi connectivity index (χ4n) is 2.94. The zero-order valence-electron chi connectivity index (χ0n) is 15.6. The van der Waals surface area contributed by atoms with E-state index in [0.29, 0.717) is 5.92 Å². The summed E-state index contributed by atoms with van der Waals surface area (Å²) in [4.78, 5) is 26.0. The van der Waals surface area contributed by atoms with Gasteiger partial charge in [0, 0.05) is 31.9 Å². The SMILES string of the molecule is CC.C\C=C/C(=C\C=C\N(C)C(=O)OC1CN2CCC1CC2)[N+](=O)[O-]. The van der Waals surface area contributed by atoms with Crippen LogP contribution in [0.15, 0.2) is 36.2 Å². The number of piperidine rings is 3. The molecule has 0 saturated carbocycles. The maximum atomic E-state index is 12.1. The lowest BCUT2D eigenvalue weighted by molar-refractivity contribution is -0.419. The minimum absolute atomic E-state index is 0.0390. The number of allylic oxidation sites excluding steroid dienone is 4. The van der Waals surface area contributed by atoms with E-state index in [2.05, 4.69) is 4.90 Å². The third-order valence-corrected chi connectivity index (χ3v) is 4.26. The Morgan fingerprint density at radius 3 is 2.44 bits per heavy atom. The van der Waals surface area contributed by atoms with Crippen molar-refractivity contribution in [3.63, 3.8) is 0 Å². The lowest BCUT2D eigenvalue weighted by atomic mass is 9.86. The first kappa shape index (κ1) is 20.9. The quantitative estimate of drug-likeness (QED) is 0.431. The van der Waals surface area contributed by atoms with Crippen LogP contribution in [0.1, 0.15) is 33.6 Å². The monoisotopic (exact) mass is 351 g/mol. The Balaban J connectivity index is 0.00000151. The normalized spacial score (nSPS) is 25.6. The van der Waals surface area contributed by atoms with E-state index in [-0.39, 0.29) is 11.8 Å². The molecule has 1 unspecified atom stereocenters. The second-order valence-electron chi connectivity index (χ2n) is 5.86. The number of hydrogen-bond donors (Lipinski definition) is 0. The highest BCUT2D eigenvalue weighted by Crippen LogP contribution is 2.29. The Labute approximate surface area is 149 Å². The number of fused-ring (bicyclic) bond motifs is 3. The van der Waals surface area contributed by atoms with Gasteiger partial charge in [0.25, 0.3) is 5.70 Å². The van der Waals surface area contributed by atoms with Crippen LogP contribution in [0.5, 0.6) is 0 Å². The van der Waals surface area contributed by atoms with Gasteiger partial charge < -0.3 is 4.74 Å². The lowest BCUT2D eigenvalue weighted by Crippen LogP contribution is -2.52. The average Bonchev–Trinajstić information content (AvgIpc) is 2.63. The molecular formula is C18H29N3O4. The van der Waals surface area contributed by atoms with E-state index in [4.69, 9.17) is 4.74 Å². The van der Waals surface area contributed by atoms with Gasteiger partial charge in [0.2, 0.25) is 0 Å². The smallest absolute Gasteiger partial charge is 0.413 e. The van der Waals surface area contributed by atoms with Crippen molar-refractivity contribution >= 4 is 6.09 Å². The Kier molecular flexibility index (Phi) is 8.91. The van der Waals surface area contributed by atoms with Crippen LogP contribution in [0.4, 0.5) is 4.79 Å². The summed E-state index contributed by atoms with van der Waals surface area (Å²) in [6.45, 7) is 8.70. The Morgan fingerprint density at radius 1 is 1.32 bits per heavy atom. The number of nitro groups is 1. The van der Waals surface area contributed by atoms with E-state index < -0.39 is 11.0 Å². The standard InChI is InChI=1S/C16H23N3O4.C2H6/c1-3-5-14(19(21)22)6-4-9-17(2)16(20)23-15-12-18-10-7-13(15)8-11-18;1-2/h3-6,9,13,15H,7-8,10-12H2,1-2H3;1-2H3/b5-3-,9-4+,14-6+;. The molecule has 1 amide bonds. The molecule has 1 atom stereocenters. The molecule has 0 aliphatic carbocycles. The lowest BCUT2D eigenvalue weighted by Gasteiger charge is -2.44. The fourth-order valence-corrected chi connectivity index (χ4v) is 2.94. The number of carbonyl (C=O) groups is 1. The molecule has 0 aromatic heterocycles. The van der Waals surface area contributed by atoms with E-state index in [9.17, 15) is 14.9 Å². The largest absolute Gasteiger partial charge is 0.444 e. The number of carbonyl (C=O) groups excluding carboxylic acids is 1. The first-order chi connectivity index (χ1) is 12.0. The third-order valence-electron chi connectivity index (χ3n) is 4.26. The zero-order chi connectivity index (χ0) is 18.8. The summed E-state index contributed by atoms with van der Waals surface area (Å²) in [5, 5.41) is 10.8. The Hall–Kier alpha value is -2.15. The highest BCUT2D eigenvalue weighted by atomic mass is 16.6. The van der Waals surface area contributed by atoms with Crippen molar-refractivity contribution in [2.75, 3.05) is 26.7 Å². The summed E-state index contributed by atoms with van der Waals surface area (Å²) >= 11 is 0. The van der Waals surface area contributed by atoms with Crippen molar-refractivity contribution < 1.29 is 14.5 Å². The molecule has 0 aromatic rings. The van der Waals surface area contributed by atoms with Crippen LogP contribution in [-0.2, 0) is 4.74 Å². The molecule has 7 heteroatoms. The van der Waals surface area contributed by atoms with Gasteiger partial charge in [0.15, 0.2) is 0 Å². The average molecular weight is 351 g/mol. The summed E-state index contributed by atoms with van der Waals surface area (Å²) in [6.07, 6.45) is 8.95. The molecule has 0 aromatic carbocycles. The molecule has 0 radical (unpaired) electrons.